The Balaban J connectivity index is 1.86. The first-order chi connectivity index (χ1) is 13.3. The molecule has 1 heterocycles. The van der Waals surface area contributed by atoms with Gasteiger partial charge < -0.3 is 24.8 Å². The topological polar surface area (TPSA) is 77.0 Å². The van der Waals surface area contributed by atoms with Crippen molar-refractivity contribution < 1.29 is 14.2 Å². The lowest BCUT2D eigenvalue weighted by Gasteiger charge is -2.12. The van der Waals surface area contributed by atoms with Crippen molar-refractivity contribution in [2.24, 2.45) is 4.99 Å². The largest absolute Gasteiger partial charge is 0.490 e. The molecule has 27 heavy (non-hydrogen) atoms. The minimum Gasteiger partial charge on any atom is -0.490 e. The van der Waals surface area contributed by atoms with Gasteiger partial charge in [0.1, 0.15) is 0 Å². The molecule has 1 aromatic carbocycles. The Kier molecular flexibility index (Phi) is 8.92. The summed E-state index contributed by atoms with van der Waals surface area (Å²) in [6.45, 7) is 7.17. The lowest BCUT2D eigenvalue weighted by molar-refractivity contribution is 0.152. The van der Waals surface area contributed by atoms with Crippen LogP contribution in [0.4, 0.5) is 0 Å². The van der Waals surface area contributed by atoms with E-state index >= 15 is 0 Å². The number of hydrogen-bond donors (Lipinski definition) is 2. The average molecular weight is 372 g/mol. The van der Waals surface area contributed by atoms with E-state index in [2.05, 4.69) is 20.6 Å². The van der Waals surface area contributed by atoms with Gasteiger partial charge in [0, 0.05) is 39.0 Å². The summed E-state index contributed by atoms with van der Waals surface area (Å²) < 4.78 is 16.7. The molecule has 0 amide bonds. The zero-order valence-electron chi connectivity index (χ0n) is 16.2. The summed E-state index contributed by atoms with van der Waals surface area (Å²) in [7, 11) is 1.74. The van der Waals surface area contributed by atoms with Crippen molar-refractivity contribution >= 4 is 5.96 Å². The van der Waals surface area contributed by atoms with E-state index in [0.717, 1.165) is 11.5 Å². The fourth-order valence-electron chi connectivity index (χ4n) is 2.29. The van der Waals surface area contributed by atoms with Crippen molar-refractivity contribution in [3.8, 4) is 17.4 Å². The normalized spacial score (nSPS) is 11.1. The summed E-state index contributed by atoms with van der Waals surface area (Å²) in [6, 6.07) is 11.4. The summed E-state index contributed by atoms with van der Waals surface area (Å²) in [5, 5.41) is 6.43. The molecule has 2 rings (SSSR count). The number of hydrogen-bond acceptors (Lipinski definition) is 5. The maximum Gasteiger partial charge on any atom is 0.219 e. The number of aliphatic imine (C=N–C) groups is 1. The van der Waals surface area contributed by atoms with Crippen LogP contribution in [0.5, 0.6) is 17.4 Å². The first-order valence-electron chi connectivity index (χ1n) is 9.13. The summed E-state index contributed by atoms with van der Waals surface area (Å²) in [4.78, 5) is 8.55. The first-order valence-corrected chi connectivity index (χ1v) is 9.13. The summed E-state index contributed by atoms with van der Waals surface area (Å²) >= 11 is 0. The molecule has 0 fully saturated rings. The lowest BCUT2D eigenvalue weighted by atomic mass is 10.3. The Morgan fingerprint density at radius 3 is 2.52 bits per heavy atom. The molecule has 0 unspecified atom stereocenters. The molecule has 2 N–H and O–H groups in total. The number of aromatic nitrogens is 1. The Morgan fingerprint density at radius 1 is 1.04 bits per heavy atom. The average Bonchev–Trinajstić information content (AvgIpc) is 2.70. The van der Waals surface area contributed by atoms with Gasteiger partial charge in [-0.15, -0.1) is 0 Å². The van der Waals surface area contributed by atoms with E-state index in [-0.39, 0.29) is 0 Å². The number of pyridine rings is 1. The zero-order chi connectivity index (χ0) is 19.3. The number of nitrogens with zero attached hydrogens (tertiary/aromatic N) is 2. The van der Waals surface area contributed by atoms with Crippen molar-refractivity contribution in [2.45, 2.75) is 20.4 Å². The number of para-hydroxylation sites is 2. The van der Waals surface area contributed by atoms with Crippen LogP contribution in [0.25, 0.3) is 0 Å². The van der Waals surface area contributed by atoms with E-state index in [4.69, 9.17) is 14.2 Å². The van der Waals surface area contributed by atoms with Crippen LogP contribution in [0, 0.1) is 0 Å². The molecular formula is C20H28N4O3. The number of rotatable bonds is 10. The highest BCUT2D eigenvalue weighted by Crippen LogP contribution is 2.30. The van der Waals surface area contributed by atoms with E-state index in [1.807, 2.05) is 50.2 Å². The minimum absolute atomic E-state index is 0.519. The molecule has 7 heteroatoms. The van der Waals surface area contributed by atoms with Gasteiger partial charge in [0.2, 0.25) is 5.88 Å². The molecule has 0 atom stereocenters. The molecule has 146 valence electrons. The fourth-order valence-corrected chi connectivity index (χ4v) is 2.29. The molecule has 0 bridgehead atoms. The van der Waals surface area contributed by atoms with Gasteiger partial charge >= 0.3 is 0 Å². The number of guanidine groups is 1. The van der Waals surface area contributed by atoms with Crippen molar-refractivity contribution in [1.82, 2.24) is 15.6 Å². The standard InChI is InChI=1S/C20H28N4O3/c1-4-25-13-12-22-20(21-3)24-15-16-10-11-19(23-14-16)27-18-9-7-6-8-17(18)26-5-2/h6-11,14H,4-5,12-13,15H2,1-3H3,(H2,21,22,24). The third-order valence-electron chi connectivity index (χ3n) is 3.59. The SMILES string of the molecule is CCOCCNC(=NC)NCc1ccc(Oc2ccccc2OCC)nc1. The van der Waals surface area contributed by atoms with Crippen molar-refractivity contribution in [3.63, 3.8) is 0 Å². The second kappa shape index (κ2) is 11.7. The summed E-state index contributed by atoms with van der Waals surface area (Å²) in [5.41, 5.74) is 1.02. The Labute approximate surface area is 160 Å². The molecule has 0 aliphatic carbocycles. The van der Waals surface area contributed by atoms with Gasteiger partial charge in [-0.05, 0) is 31.5 Å². The van der Waals surface area contributed by atoms with Gasteiger partial charge in [0.25, 0.3) is 0 Å². The second-order valence-electron chi connectivity index (χ2n) is 5.54. The highest BCUT2D eigenvalue weighted by atomic mass is 16.5. The molecule has 0 spiro atoms. The Morgan fingerprint density at radius 2 is 1.85 bits per heavy atom. The van der Waals surface area contributed by atoms with Gasteiger partial charge in [-0.25, -0.2) is 4.98 Å². The van der Waals surface area contributed by atoms with Gasteiger partial charge in [0.05, 0.1) is 13.2 Å². The lowest BCUT2D eigenvalue weighted by Crippen LogP contribution is -2.38. The molecule has 0 saturated heterocycles. The highest BCUT2D eigenvalue weighted by molar-refractivity contribution is 5.79. The summed E-state index contributed by atoms with van der Waals surface area (Å²) in [6.07, 6.45) is 1.78. The van der Waals surface area contributed by atoms with Crippen molar-refractivity contribution in [3.05, 3.63) is 48.2 Å². The van der Waals surface area contributed by atoms with Crippen LogP contribution in [-0.2, 0) is 11.3 Å². The number of ether oxygens (including phenoxy) is 3. The fraction of sp³-hybridized carbons (Fsp3) is 0.400. The van der Waals surface area contributed by atoms with Crippen LogP contribution in [0.1, 0.15) is 19.4 Å². The third-order valence-corrected chi connectivity index (χ3v) is 3.59. The molecule has 0 aliphatic heterocycles. The van der Waals surface area contributed by atoms with Crippen LogP contribution in [-0.4, -0.2) is 44.4 Å². The van der Waals surface area contributed by atoms with E-state index in [9.17, 15) is 0 Å². The third kappa shape index (κ3) is 7.15. The first kappa shape index (κ1) is 20.5. The molecule has 1 aromatic heterocycles. The van der Waals surface area contributed by atoms with Crippen LogP contribution in [0.15, 0.2) is 47.6 Å². The quantitative estimate of drug-likeness (QED) is 0.379. The van der Waals surface area contributed by atoms with Crippen molar-refractivity contribution in [2.75, 3.05) is 33.4 Å². The second-order valence-corrected chi connectivity index (χ2v) is 5.54. The van der Waals surface area contributed by atoms with Gasteiger partial charge in [-0.2, -0.15) is 0 Å². The predicted molar refractivity (Wildman–Crippen MR) is 107 cm³/mol. The highest BCUT2D eigenvalue weighted by Gasteiger charge is 2.06. The van der Waals surface area contributed by atoms with Crippen LogP contribution in [0.3, 0.4) is 0 Å². The molecule has 2 aromatic rings. The van der Waals surface area contributed by atoms with Gasteiger partial charge in [-0.1, -0.05) is 18.2 Å². The zero-order valence-corrected chi connectivity index (χ0v) is 16.2. The Hall–Kier alpha value is -2.80. The van der Waals surface area contributed by atoms with Crippen LogP contribution < -0.4 is 20.1 Å². The van der Waals surface area contributed by atoms with E-state index in [1.165, 1.54) is 0 Å². The van der Waals surface area contributed by atoms with E-state index in [0.29, 0.717) is 50.3 Å². The predicted octanol–water partition coefficient (Wildman–Crippen LogP) is 2.97. The van der Waals surface area contributed by atoms with E-state index < -0.39 is 0 Å². The molecule has 0 radical (unpaired) electrons. The Bertz CT molecular complexity index is 705. The monoisotopic (exact) mass is 372 g/mol. The minimum atomic E-state index is 0.519. The summed E-state index contributed by atoms with van der Waals surface area (Å²) in [5.74, 6) is 2.59. The number of nitrogens with one attached hydrogen (secondary N) is 2. The van der Waals surface area contributed by atoms with E-state index in [1.54, 1.807) is 13.2 Å². The van der Waals surface area contributed by atoms with Crippen LogP contribution in [0.2, 0.25) is 0 Å². The molecule has 7 nitrogen and oxygen atoms in total. The molecule has 0 aliphatic rings. The van der Waals surface area contributed by atoms with Gasteiger partial charge in [0.15, 0.2) is 17.5 Å². The van der Waals surface area contributed by atoms with Crippen molar-refractivity contribution in [1.29, 1.82) is 0 Å². The van der Waals surface area contributed by atoms with Gasteiger partial charge in [-0.3, -0.25) is 4.99 Å². The smallest absolute Gasteiger partial charge is 0.219 e. The number of benzene rings is 1. The maximum absolute atomic E-state index is 5.83. The van der Waals surface area contributed by atoms with Crippen LogP contribution >= 0.6 is 0 Å². The maximum atomic E-state index is 5.83. The molecular weight excluding hydrogens is 344 g/mol. The molecule has 0 saturated carbocycles.